The first-order chi connectivity index (χ1) is 15.3. The molecule has 0 saturated carbocycles. The van der Waals surface area contributed by atoms with Crippen LogP contribution in [-0.4, -0.2) is 47.2 Å². The Morgan fingerprint density at radius 2 is 1.21 bits per heavy atom. The molecule has 0 amide bonds. The molecule has 0 spiro atoms. The van der Waals surface area contributed by atoms with Gasteiger partial charge in [-0.1, -0.05) is 53.8 Å². The second-order valence-corrected chi connectivity index (χ2v) is 9.48. The maximum Gasteiger partial charge on any atom is 0.172 e. The number of hydrogen-bond acceptors (Lipinski definition) is 6. The van der Waals surface area contributed by atoms with Gasteiger partial charge in [-0.2, -0.15) is 0 Å². The molecular formula is C23H22Cl4N6. The summed E-state index contributed by atoms with van der Waals surface area (Å²) in [6.45, 7) is 5.79. The van der Waals surface area contributed by atoms with Gasteiger partial charge < -0.3 is 9.80 Å². The highest BCUT2D eigenvalue weighted by Gasteiger charge is 2.32. The lowest BCUT2D eigenvalue weighted by Gasteiger charge is -2.25. The molecule has 33 heavy (non-hydrogen) atoms. The Labute approximate surface area is 213 Å². The smallest absolute Gasteiger partial charge is 0.172 e. The summed E-state index contributed by atoms with van der Waals surface area (Å²) >= 11 is 24.1. The lowest BCUT2D eigenvalue weighted by atomic mass is 10.2. The highest BCUT2D eigenvalue weighted by atomic mass is 35.5. The van der Waals surface area contributed by atoms with Crippen LogP contribution in [0.5, 0.6) is 0 Å². The monoisotopic (exact) mass is 522 g/mol. The van der Waals surface area contributed by atoms with E-state index < -0.39 is 0 Å². The molecule has 0 saturated heterocycles. The van der Waals surface area contributed by atoms with Crippen molar-refractivity contribution in [3.63, 3.8) is 0 Å². The van der Waals surface area contributed by atoms with Crippen molar-refractivity contribution in [2.45, 2.75) is 33.4 Å². The van der Waals surface area contributed by atoms with Gasteiger partial charge >= 0.3 is 0 Å². The van der Waals surface area contributed by atoms with Gasteiger partial charge in [0.1, 0.15) is 0 Å². The average Bonchev–Trinajstić information content (AvgIpc) is 3.32. The normalized spacial score (nSPS) is 21.8. The summed E-state index contributed by atoms with van der Waals surface area (Å²) < 4.78 is 0. The molecule has 4 aliphatic rings. The van der Waals surface area contributed by atoms with E-state index in [9.17, 15) is 0 Å². The fraction of sp³-hybridized carbons (Fsp3) is 0.304. The fourth-order valence-electron chi connectivity index (χ4n) is 4.03. The Kier molecular flexibility index (Phi) is 6.74. The van der Waals surface area contributed by atoms with Crippen LogP contribution in [0.4, 0.5) is 22.7 Å². The summed E-state index contributed by atoms with van der Waals surface area (Å²) in [5.41, 5.74) is 3.67. The highest BCUT2D eigenvalue weighted by Crippen LogP contribution is 2.39. The molecule has 10 heteroatoms. The summed E-state index contributed by atoms with van der Waals surface area (Å²) in [5, 5.41) is 2.27. The van der Waals surface area contributed by atoms with Gasteiger partial charge in [-0.25, -0.2) is 9.98 Å². The molecule has 2 unspecified atom stereocenters. The average molecular weight is 524 g/mol. The van der Waals surface area contributed by atoms with Gasteiger partial charge in [0.25, 0.3) is 0 Å². The van der Waals surface area contributed by atoms with Gasteiger partial charge in [0.15, 0.2) is 22.0 Å². The summed E-state index contributed by atoms with van der Waals surface area (Å²) in [4.78, 5) is 21.7. The number of hydrogen-bond donors (Lipinski definition) is 0. The van der Waals surface area contributed by atoms with Gasteiger partial charge in [0.05, 0.1) is 34.8 Å². The number of aliphatic imine (C=N–C) groups is 4. The van der Waals surface area contributed by atoms with Crippen LogP contribution in [0, 0.1) is 0 Å². The van der Waals surface area contributed by atoms with E-state index in [-0.39, 0.29) is 19.5 Å². The van der Waals surface area contributed by atoms with E-state index in [0.29, 0.717) is 20.4 Å². The fourth-order valence-corrected chi connectivity index (χ4v) is 4.84. The molecule has 2 aromatic rings. The van der Waals surface area contributed by atoms with Crippen LogP contribution in [-0.2, 0) is 0 Å². The molecule has 0 N–H and O–H groups in total. The first kappa shape index (κ1) is 24.0. The van der Waals surface area contributed by atoms with Crippen molar-refractivity contribution in [3.8, 4) is 0 Å². The lowest BCUT2D eigenvalue weighted by Crippen LogP contribution is -2.34. The third-order valence-corrected chi connectivity index (χ3v) is 6.33. The van der Waals surface area contributed by atoms with Gasteiger partial charge in [-0.15, -0.1) is 0 Å². The summed E-state index contributed by atoms with van der Waals surface area (Å²) in [6.07, 6.45) is 0. The van der Waals surface area contributed by atoms with Crippen LogP contribution >= 0.6 is 46.4 Å². The van der Waals surface area contributed by atoms with E-state index in [1.165, 1.54) is 0 Å². The second-order valence-electron chi connectivity index (χ2n) is 7.90. The van der Waals surface area contributed by atoms with Crippen molar-refractivity contribution in [3.05, 3.63) is 46.4 Å². The van der Waals surface area contributed by atoms with Gasteiger partial charge in [0, 0.05) is 23.1 Å². The van der Waals surface area contributed by atoms with E-state index in [2.05, 4.69) is 43.6 Å². The summed E-state index contributed by atoms with van der Waals surface area (Å²) in [6, 6.07) is 11.7. The predicted octanol–water partition coefficient (Wildman–Crippen LogP) is 7.09. The molecule has 4 aliphatic heterocycles. The number of amidine groups is 2. The lowest BCUT2D eigenvalue weighted by molar-refractivity contribution is 0.795. The van der Waals surface area contributed by atoms with Crippen LogP contribution in [0.15, 0.2) is 56.4 Å². The molecule has 0 fully saturated rings. The molecule has 0 radical (unpaired) electrons. The molecule has 6 rings (SSSR count). The van der Waals surface area contributed by atoms with Gasteiger partial charge in [-0.3, -0.25) is 9.98 Å². The van der Waals surface area contributed by atoms with Crippen LogP contribution in [0.3, 0.4) is 0 Å². The number of halogens is 4. The van der Waals surface area contributed by atoms with Crippen molar-refractivity contribution >= 4 is 91.2 Å². The van der Waals surface area contributed by atoms with Crippen LogP contribution in [0.25, 0.3) is 0 Å². The molecule has 2 atom stereocenters. The predicted molar refractivity (Wildman–Crippen MR) is 144 cm³/mol. The largest absolute Gasteiger partial charge is 0.320 e. The minimum atomic E-state index is 0. The molecule has 0 aliphatic carbocycles. The van der Waals surface area contributed by atoms with E-state index in [4.69, 9.17) is 46.4 Å². The standard InChI is InChI=1S/2C11H9Cl2N3.CH4/c1-6-5-16-9-3-2-7(12)4-8(9)15-10(13)11(16)14-6;1-6-5-16-9-4-7(12)2-3-8(9)15-10(13)11(16)14-6;/h2*2-4,6H,5H2,1H3;1H4. The molecule has 0 bridgehead atoms. The molecule has 6 nitrogen and oxygen atoms in total. The van der Waals surface area contributed by atoms with Crippen LogP contribution in [0.1, 0.15) is 21.3 Å². The highest BCUT2D eigenvalue weighted by molar-refractivity contribution is 6.86. The molecule has 0 aromatic heterocycles. The first-order valence-electron chi connectivity index (χ1n) is 10.1. The van der Waals surface area contributed by atoms with E-state index in [1.54, 1.807) is 0 Å². The first-order valence-corrected chi connectivity index (χ1v) is 11.6. The minimum absolute atomic E-state index is 0. The topological polar surface area (TPSA) is 55.9 Å². The SMILES string of the molecule is C.CC1CN2C(=N1)C(Cl)=Nc1cc(Cl)ccc12.CC1CN2C(=N1)C(Cl)=Nc1ccc(Cl)cc12. The van der Waals surface area contributed by atoms with E-state index in [1.807, 2.05) is 36.4 Å². The minimum Gasteiger partial charge on any atom is -0.320 e. The maximum atomic E-state index is 6.10. The number of anilines is 2. The number of nitrogens with zero attached hydrogens (tertiary/aromatic N) is 6. The quantitative estimate of drug-likeness (QED) is 0.370. The van der Waals surface area contributed by atoms with Crippen molar-refractivity contribution in [2.24, 2.45) is 20.0 Å². The van der Waals surface area contributed by atoms with Crippen LogP contribution < -0.4 is 9.80 Å². The zero-order valence-electron chi connectivity index (χ0n) is 17.2. The zero-order valence-corrected chi connectivity index (χ0v) is 20.3. The van der Waals surface area contributed by atoms with Crippen molar-refractivity contribution in [2.75, 3.05) is 22.9 Å². The number of fused-ring (bicyclic) bond motifs is 6. The van der Waals surface area contributed by atoms with Gasteiger partial charge in [0.2, 0.25) is 0 Å². The van der Waals surface area contributed by atoms with Crippen LogP contribution in [0.2, 0.25) is 10.0 Å². The third-order valence-electron chi connectivity index (χ3n) is 5.35. The Hall–Kier alpha value is -2.12. The Morgan fingerprint density at radius 3 is 1.85 bits per heavy atom. The Balaban J connectivity index is 0.000000152. The Bertz CT molecular complexity index is 1240. The second kappa shape index (κ2) is 9.26. The molecular weight excluding hydrogens is 502 g/mol. The van der Waals surface area contributed by atoms with Crippen molar-refractivity contribution in [1.29, 1.82) is 0 Å². The van der Waals surface area contributed by atoms with E-state index in [0.717, 1.165) is 47.5 Å². The van der Waals surface area contributed by atoms with E-state index >= 15 is 0 Å². The zero-order chi connectivity index (χ0) is 22.6. The number of rotatable bonds is 0. The van der Waals surface area contributed by atoms with Crippen molar-refractivity contribution in [1.82, 2.24) is 0 Å². The summed E-state index contributed by atoms with van der Waals surface area (Å²) in [5.74, 6) is 1.52. The Morgan fingerprint density at radius 1 is 0.697 bits per heavy atom. The molecule has 4 heterocycles. The van der Waals surface area contributed by atoms with Gasteiger partial charge in [-0.05, 0) is 50.2 Å². The van der Waals surface area contributed by atoms with Crippen molar-refractivity contribution < 1.29 is 0 Å². The molecule has 172 valence electrons. The number of benzene rings is 2. The maximum absolute atomic E-state index is 6.10. The summed E-state index contributed by atoms with van der Waals surface area (Å²) in [7, 11) is 0. The molecule has 2 aromatic carbocycles. The third kappa shape index (κ3) is 4.50.